The molecule has 0 bridgehead atoms. The van der Waals surface area contributed by atoms with Gasteiger partial charge in [0.25, 0.3) is 0 Å². The van der Waals surface area contributed by atoms with E-state index in [-0.39, 0.29) is 0 Å². The van der Waals surface area contributed by atoms with Crippen molar-refractivity contribution in [2.45, 2.75) is 0 Å². The highest BCUT2D eigenvalue weighted by atomic mass is 16.4. The number of fused-ring (bicyclic) bond motifs is 5. The maximum Gasteiger partial charge on any atom is 0.490 e. The largest absolute Gasteiger partial charge is 0.490 e. The van der Waals surface area contributed by atoms with Crippen LogP contribution in [0.25, 0.3) is 21.5 Å². The zero-order valence-corrected chi connectivity index (χ0v) is 12.2. The highest BCUT2D eigenvalue weighted by Crippen LogP contribution is 2.48. The van der Waals surface area contributed by atoms with E-state index in [1.807, 2.05) is 29.4 Å². The molecule has 2 aliphatic heterocycles. The third-order valence-corrected chi connectivity index (χ3v) is 4.52. The SMILES string of the molecule is OB(O)C1=CN2c3cccc4cc5ccccc5c(c34)N2C=C1. The minimum Gasteiger partial charge on any atom is -0.423 e. The number of rotatable bonds is 1. The molecule has 0 saturated heterocycles. The second-order valence-electron chi connectivity index (χ2n) is 5.83. The van der Waals surface area contributed by atoms with Crippen LogP contribution in [0.3, 0.4) is 0 Å². The maximum absolute atomic E-state index is 9.47. The highest BCUT2D eigenvalue weighted by Gasteiger charge is 2.31. The number of benzene rings is 3. The first-order chi connectivity index (χ1) is 11.2. The van der Waals surface area contributed by atoms with Crippen LogP contribution >= 0.6 is 0 Å². The van der Waals surface area contributed by atoms with Crippen molar-refractivity contribution in [3.8, 4) is 0 Å². The molecular weight excluding hydrogens is 287 g/mol. The van der Waals surface area contributed by atoms with Crippen molar-refractivity contribution >= 4 is 40.0 Å². The molecule has 0 aromatic heterocycles. The van der Waals surface area contributed by atoms with E-state index in [4.69, 9.17) is 0 Å². The smallest absolute Gasteiger partial charge is 0.423 e. The minimum atomic E-state index is -1.48. The van der Waals surface area contributed by atoms with Crippen molar-refractivity contribution in [1.82, 2.24) is 0 Å². The summed E-state index contributed by atoms with van der Waals surface area (Å²) in [6.45, 7) is 0. The van der Waals surface area contributed by atoms with Crippen molar-refractivity contribution in [1.29, 1.82) is 0 Å². The molecule has 0 saturated carbocycles. The summed E-state index contributed by atoms with van der Waals surface area (Å²) in [5.74, 6) is 0. The molecule has 3 aromatic carbocycles. The van der Waals surface area contributed by atoms with Crippen molar-refractivity contribution in [3.05, 3.63) is 72.5 Å². The van der Waals surface area contributed by atoms with Gasteiger partial charge >= 0.3 is 7.12 Å². The zero-order chi connectivity index (χ0) is 15.6. The molecule has 110 valence electrons. The lowest BCUT2D eigenvalue weighted by atomic mass is 9.79. The Morgan fingerprint density at radius 2 is 1.70 bits per heavy atom. The second-order valence-corrected chi connectivity index (χ2v) is 5.83. The number of hydrogen-bond acceptors (Lipinski definition) is 4. The van der Waals surface area contributed by atoms with Crippen LogP contribution in [0.4, 0.5) is 11.4 Å². The molecule has 5 heteroatoms. The molecule has 2 aliphatic rings. The van der Waals surface area contributed by atoms with Gasteiger partial charge in [-0.3, -0.25) is 10.0 Å². The van der Waals surface area contributed by atoms with Gasteiger partial charge < -0.3 is 10.0 Å². The highest BCUT2D eigenvalue weighted by molar-refractivity contribution is 6.52. The van der Waals surface area contributed by atoms with Crippen LogP contribution in [0.2, 0.25) is 0 Å². The summed E-state index contributed by atoms with van der Waals surface area (Å²) in [7, 11) is -1.48. The van der Waals surface area contributed by atoms with E-state index in [1.165, 1.54) is 21.5 Å². The van der Waals surface area contributed by atoms with Crippen LogP contribution in [-0.2, 0) is 0 Å². The van der Waals surface area contributed by atoms with Gasteiger partial charge in [-0.1, -0.05) is 36.4 Å². The summed E-state index contributed by atoms with van der Waals surface area (Å²) in [6, 6.07) is 16.7. The molecule has 2 heterocycles. The van der Waals surface area contributed by atoms with E-state index >= 15 is 0 Å². The monoisotopic (exact) mass is 300 g/mol. The lowest BCUT2D eigenvalue weighted by Crippen LogP contribution is -2.35. The van der Waals surface area contributed by atoms with Gasteiger partial charge in [-0.05, 0) is 29.0 Å². The molecule has 0 amide bonds. The Kier molecular flexibility index (Phi) is 2.43. The third kappa shape index (κ3) is 1.63. The number of allylic oxidation sites excluding steroid dienone is 2. The molecule has 0 unspecified atom stereocenters. The standard InChI is InChI=1S/C18H13BN2O2/c22-19(23)14-8-9-20-18-15-6-2-1-4-12(15)10-13-5-3-7-16(17(13)18)21(20)11-14/h1-11,22-23H. The summed E-state index contributed by atoms with van der Waals surface area (Å²) in [5.41, 5.74) is 2.65. The molecule has 0 radical (unpaired) electrons. The molecule has 2 N–H and O–H groups in total. The summed E-state index contributed by atoms with van der Waals surface area (Å²) in [6.07, 6.45) is 5.39. The van der Waals surface area contributed by atoms with Gasteiger partial charge in [-0.15, -0.1) is 0 Å². The van der Waals surface area contributed by atoms with Gasteiger partial charge in [0.1, 0.15) is 0 Å². The van der Waals surface area contributed by atoms with Crippen LogP contribution in [-0.4, -0.2) is 17.2 Å². The van der Waals surface area contributed by atoms with E-state index in [0.717, 1.165) is 11.4 Å². The summed E-state index contributed by atoms with van der Waals surface area (Å²) in [4.78, 5) is 0. The van der Waals surface area contributed by atoms with Gasteiger partial charge in [0.15, 0.2) is 0 Å². The van der Waals surface area contributed by atoms with Gasteiger partial charge in [-0.25, -0.2) is 0 Å². The summed E-state index contributed by atoms with van der Waals surface area (Å²) in [5, 5.41) is 27.7. The van der Waals surface area contributed by atoms with Crippen molar-refractivity contribution in [2.24, 2.45) is 0 Å². The third-order valence-electron chi connectivity index (χ3n) is 4.52. The number of anilines is 2. The van der Waals surface area contributed by atoms with Crippen LogP contribution < -0.4 is 10.0 Å². The molecule has 0 atom stereocenters. The van der Waals surface area contributed by atoms with Crippen molar-refractivity contribution in [2.75, 3.05) is 10.0 Å². The normalized spacial score (nSPS) is 15.3. The number of hydrogen-bond donors (Lipinski definition) is 2. The van der Waals surface area contributed by atoms with E-state index in [1.54, 1.807) is 12.3 Å². The summed E-state index contributed by atoms with van der Waals surface area (Å²) >= 11 is 0. The maximum atomic E-state index is 9.47. The van der Waals surface area contributed by atoms with Crippen LogP contribution in [0.1, 0.15) is 0 Å². The van der Waals surface area contributed by atoms with Crippen LogP contribution in [0.5, 0.6) is 0 Å². The Bertz CT molecular complexity index is 1030. The molecule has 0 aliphatic carbocycles. The average molecular weight is 300 g/mol. The van der Waals surface area contributed by atoms with E-state index < -0.39 is 7.12 Å². The Morgan fingerprint density at radius 3 is 2.57 bits per heavy atom. The Morgan fingerprint density at radius 1 is 0.870 bits per heavy atom. The van der Waals surface area contributed by atoms with E-state index in [0.29, 0.717) is 5.47 Å². The minimum absolute atomic E-state index is 0.468. The van der Waals surface area contributed by atoms with Crippen molar-refractivity contribution < 1.29 is 10.0 Å². The molecule has 0 spiro atoms. The average Bonchev–Trinajstić information content (AvgIpc) is 2.91. The van der Waals surface area contributed by atoms with Gasteiger partial charge in [0, 0.05) is 28.6 Å². The Hall–Kier alpha value is -2.76. The fourth-order valence-electron chi connectivity index (χ4n) is 3.50. The molecule has 3 aromatic rings. The van der Waals surface area contributed by atoms with E-state index in [2.05, 4.69) is 35.3 Å². The first-order valence-corrected chi connectivity index (χ1v) is 7.53. The van der Waals surface area contributed by atoms with Crippen LogP contribution in [0, 0.1) is 0 Å². The van der Waals surface area contributed by atoms with Crippen molar-refractivity contribution in [3.63, 3.8) is 0 Å². The fourth-order valence-corrected chi connectivity index (χ4v) is 3.50. The topological polar surface area (TPSA) is 46.9 Å². The predicted octanol–water partition coefficient (Wildman–Crippen LogP) is 2.96. The molecule has 4 nitrogen and oxygen atoms in total. The lowest BCUT2D eigenvalue weighted by Gasteiger charge is -2.31. The quantitative estimate of drug-likeness (QED) is 0.536. The zero-order valence-electron chi connectivity index (χ0n) is 12.2. The van der Waals surface area contributed by atoms with Gasteiger partial charge in [-0.2, -0.15) is 0 Å². The van der Waals surface area contributed by atoms with Gasteiger partial charge in [0.05, 0.1) is 11.4 Å². The molecular formula is C18H13BN2O2. The molecule has 5 rings (SSSR count). The lowest BCUT2D eigenvalue weighted by molar-refractivity contribution is 0.420. The van der Waals surface area contributed by atoms with Crippen LogP contribution in [0.15, 0.2) is 72.5 Å². The molecule has 0 fully saturated rings. The second kappa shape index (κ2) is 4.38. The molecule has 23 heavy (non-hydrogen) atoms. The first-order valence-electron chi connectivity index (χ1n) is 7.53. The Labute approximate surface area is 133 Å². The predicted molar refractivity (Wildman–Crippen MR) is 93.8 cm³/mol. The fraction of sp³-hybridized carbons (Fsp3) is 0. The number of hydrazine groups is 1. The first kappa shape index (κ1) is 12.8. The number of nitrogens with zero attached hydrogens (tertiary/aromatic N) is 2. The van der Waals surface area contributed by atoms with Gasteiger partial charge in [0.2, 0.25) is 0 Å². The Balaban J connectivity index is 1.88. The van der Waals surface area contributed by atoms with E-state index in [9.17, 15) is 10.0 Å². The summed E-state index contributed by atoms with van der Waals surface area (Å²) < 4.78 is 0.